The number of hydrogen-bond donors (Lipinski definition) is 0. The van der Waals surface area contributed by atoms with Crippen LogP contribution in [0.1, 0.15) is 23.2 Å². The molecule has 2 fully saturated rings. The van der Waals surface area contributed by atoms with E-state index in [1.807, 2.05) is 23.1 Å². The first-order valence-electron chi connectivity index (χ1n) is 9.50. The summed E-state index contributed by atoms with van der Waals surface area (Å²) in [6.45, 7) is 5.09. The fraction of sp³-hybridized carbons (Fsp3) is 0.450. The Balaban J connectivity index is 1.39. The van der Waals surface area contributed by atoms with E-state index in [9.17, 15) is 4.79 Å². The van der Waals surface area contributed by atoms with E-state index in [-0.39, 0.29) is 5.91 Å². The fourth-order valence-corrected chi connectivity index (χ4v) is 3.74. The average Bonchev–Trinajstić information content (AvgIpc) is 3.28. The topological polar surface area (TPSA) is 61.8 Å². The maximum atomic E-state index is 12.4. The van der Waals surface area contributed by atoms with Gasteiger partial charge in [-0.05, 0) is 25.0 Å². The molecule has 1 amide bonds. The zero-order chi connectivity index (χ0) is 18.6. The summed E-state index contributed by atoms with van der Waals surface area (Å²) in [5.41, 5.74) is 1.69. The molecule has 7 heteroatoms. The number of carbonyl (C=O) groups is 1. The number of likely N-dealkylation sites (tertiary alicyclic amines) is 1. The second-order valence-electron chi connectivity index (χ2n) is 6.92. The van der Waals surface area contributed by atoms with Gasteiger partial charge in [0.25, 0.3) is 5.91 Å². The van der Waals surface area contributed by atoms with E-state index in [1.165, 1.54) is 0 Å². The second kappa shape index (κ2) is 7.82. The van der Waals surface area contributed by atoms with E-state index in [0.717, 1.165) is 63.5 Å². The minimum Gasteiger partial charge on any atom is -0.495 e. The van der Waals surface area contributed by atoms with Crippen molar-refractivity contribution in [3.8, 4) is 5.75 Å². The first kappa shape index (κ1) is 17.6. The molecule has 7 nitrogen and oxygen atoms in total. The minimum absolute atomic E-state index is 0.0417. The van der Waals surface area contributed by atoms with Gasteiger partial charge in [-0.1, -0.05) is 12.1 Å². The summed E-state index contributed by atoms with van der Waals surface area (Å²) < 4.78 is 5.47. The molecule has 2 aliphatic heterocycles. The van der Waals surface area contributed by atoms with Crippen LogP contribution in [0.15, 0.2) is 36.7 Å². The summed E-state index contributed by atoms with van der Waals surface area (Å²) in [5, 5.41) is 0. The van der Waals surface area contributed by atoms with Crippen LogP contribution in [-0.4, -0.2) is 67.2 Å². The molecule has 1 aromatic carbocycles. The molecule has 0 N–H and O–H groups in total. The molecule has 2 aromatic rings. The van der Waals surface area contributed by atoms with Gasteiger partial charge in [-0.2, -0.15) is 0 Å². The second-order valence-corrected chi connectivity index (χ2v) is 6.92. The van der Waals surface area contributed by atoms with Gasteiger partial charge in [0.2, 0.25) is 5.95 Å². The van der Waals surface area contributed by atoms with E-state index in [1.54, 1.807) is 19.5 Å². The highest BCUT2D eigenvalue weighted by Crippen LogP contribution is 2.28. The maximum absolute atomic E-state index is 12.4. The first-order valence-corrected chi connectivity index (χ1v) is 9.50. The van der Waals surface area contributed by atoms with Crippen LogP contribution in [0, 0.1) is 0 Å². The molecule has 0 aliphatic carbocycles. The Morgan fingerprint density at radius 3 is 2.22 bits per heavy atom. The molecule has 1 aromatic heterocycles. The lowest BCUT2D eigenvalue weighted by atomic mass is 10.2. The number of carbonyl (C=O) groups excluding carboxylic acids is 1. The van der Waals surface area contributed by atoms with Gasteiger partial charge in [0, 0.05) is 51.7 Å². The van der Waals surface area contributed by atoms with E-state index in [4.69, 9.17) is 4.74 Å². The van der Waals surface area contributed by atoms with E-state index < -0.39 is 0 Å². The van der Waals surface area contributed by atoms with Crippen LogP contribution < -0.4 is 14.5 Å². The van der Waals surface area contributed by atoms with Gasteiger partial charge in [-0.25, -0.2) is 9.97 Å². The third-order valence-corrected chi connectivity index (χ3v) is 5.27. The van der Waals surface area contributed by atoms with Gasteiger partial charge in [-0.15, -0.1) is 0 Å². The van der Waals surface area contributed by atoms with Crippen molar-refractivity contribution < 1.29 is 9.53 Å². The summed E-state index contributed by atoms with van der Waals surface area (Å²) in [4.78, 5) is 27.7. The Kier molecular flexibility index (Phi) is 5.09. The van der Waals surface area contributed by atoms with Crippen LogP contribution in [-0.2, 0) is 0 Å². The first-order chi connectivity index (χ1) is 13.3. The van der Waals surface area contributed by atoms with Gasteiger partial charge >= 0.3 is 0 Å². The van der Waals surface area contributed by atoms with Crippen LogP contribution in [0.3, 0.4) is 0 Å². The van der Waals surface area contributed by atoms with E-state index in [0.29, 0.717) is 11.5 Å². The summed E-state index contributed by atoms with van der Waals surface area (Å²) in [7, 11) is 1.70. The van der Waals surface area contributed by atoms with E-state index in [2.05, 4.69) is 25.8 Å². The van der Waals surface area contributed by atoms with Crippen molar-refractivity contribution in [3.63, 3.8) is 0 Å². The molecule has 0 radical (unpaired) electrons. The van der Waals surface area contributed by atoms with Gasteiger partial charge in [0.1, 0.15) is 5.75 Å². The molecule has 0 spiro atoms. The molecule has 3 heterocycles. The molecule has 2 aliphatic rings. The summed E-state index contributed by atoms with van der Waals surface area (Å²) in [5.74, 6) is 1.62. The zero-order valence-corrected chi connectivity index (χ0v) is 15.7. The van der Waals surface area contributed by atoms with Crippen molar-refractivity contribution in [1.29, 1.82) is 0 Å². The standard InChI is InChI=1S/C20H25N5O2/c1-27-18-7-3-2-6-17(18)23-10-12-25(13-11-23)20-21-14-16(15-22-20)19(26)24-8-4-5-9-24/h2-3,6-7,14-15H,4-5,8-13H2,1H3. The number of methoxy groups -OCH3 is 1. The SMILES string of the molecule is COc1ccccc1N1CCN(c2ncc(C(=O)N3CCCC3)cn2)CC1. The Morgan fingerprint density at radius 2 is 1.56 bits per heavy atom. The van der Waals surface area contributed by atoms with Gasteiger partial charge < -0.3 is 19.4 Å². The number of aromatic nitrogens is 2. The molecule has 4 rings (SSSR count). The molecule has 0 unspecified atom stereocenters. The lowest BCUT2D eigenvalue weighted by Crippen LogP contribution is -2.47. The Labute approximate surface area is 159 Å². The smallest absolute Gasteiger partial charge is 0.256 e. The number of rotatable bonds is 4. The molecule has 142 valence electrons. The number of anilines is 2. The summed E-state index contributed by atoms with van der Waals surface area (Å²) in [6.07, 6.45) is 5.49. The Hall–Kier alpha value is -2.83. The maximum Gasteiger partial charge on any atom is 0.256 e. The van der Waals surface area contributed by atoms with Crippen molar-refractivity contribution in [3.05, 3.63) is 42.2 Å². The van der Waals surface area contributed by atoms with Crippen LogP contribution in [0.25, 0.3) is 0 Å². The predicted octanol–water partition coefficient (Wildman–Crippen LogP) is 2.05. The van der Waals surface area contributed by atoms with Crippen molar-refractivity contribution in [2.75, 3.05) is 56.2 Å². The largest absolute Gasteiger partial charge is 0.495 e. The van der Waals surface area contributed by atoms with Crippen LogP contribution in [0.5, 0.6) is 5.75 Å². The predicted molar refractivity (Wildman–Crippen MR) is 105 cm³/mol. The third-order valence-electron chi connectivity index (χ3n) is 5.27. The van der Waals surface area contributed by atoms with Crippen LogP contribution >= 0.6 is 0 Å². The summed E-state index contributed by atoms with van der Waals surface area (Å²) in [6, 6.07) is 8.09. The molecule has 0 atom stereocenters. The highest BCUT2D eigenvalue weighted by atomic mass is 16.5. The molecule has 27 heavy (non-hydrogen) atoms. The van der Waals surface area contributed by atoms with Crippen LogP contribution in [0.2, 0.25) is 0 Å². The van der Waals surface area contributed by atoms with Gasteiger partial charge in [0.15, 0.2) is 0 Å². The molecule has 0 bridgehead atoms. The number of hydrogen-bond acceptors (Lipinski definition) is 6. The molecular formula is C20H25N5O2. The molecule has 0 saturated carbocycles. The Bertz CT molecular complexity index is 781. The lowest BCUT2D eigenvalue weighted by Gasteiger charge is -2.36. The fourth-order valence-electron chi connectivity index (χ4n) is 3.74. The zero-order valence-electron chi connectivity index (χ0n) is 15.7. The van der Waals surface area contributed by atoms with Crippen LogP contribution in [0.4, 0.5) is 11.6 Å². The van der Waals surface area contributed by atoms with Gasteiger partial charge in [0.05, 0.1) is 18.4 Å². The third kappa shape index (κ3) is 3.67. The highest BCUT2D eigenvalue weighted by Gasteiger charge is 2.23. The highest BCUT2D eigenvalue weighted by molar-refractivity contribution is 5.93. The van der Waals surface area contributed by atoms with Crippen molar-refractivity contribution in [2.45, 2.75) is 12.8 Å². The number of amides is 1. The number of ether oxygens (including phenoxy) is 1. The van der Waals surface area contributed by atoms with E-state index >= 15 is 0 Å². The minimum atomic E-state index is 0.0417. The quantitative estimate of drug-likeness (QED) is 0.824. The summed E-state index contributed by atoms with van der Waals surface area (Å²) >= 11 is 0. The number of benzene rings is 1. The lowest BCUT2D eigenvalue weighted by molar-refractivity contribution is 0.0792. The monoisotopic (exact) mass is 367 g/mol. The van der Waals surface area contributed by atoms with Gasteiger partial charge in [-0.3, -0.25) is 4.79 Å². The van der Waals surface area contributed by atoms with Crippen molar-refractivity contribution in [2.24, 2.45) is 0 Å². The average molecular weight is 367 g/mol. The number of para-hydroxylation sites is 2. The van der Waals surface area contributed by atoms with Crippen molar-refractivity contribution >= 4 is 17.5 Å². The number of piperazine rings is 1. The normalized spacial score (nSPS) is 17.3. The number of nitrogens with zero attached hydrogens (tertiary/aromatic N) is 5. The molecule has 2 saturated heterocycles. The molecular weight excluding hydrogens is 342 g/mol. The Morgan fingerprint density at radius 1 is 0.926 bits per heavy atom. The van der Waals surface area contributed by atoms with Crippen molar-refractivity contribution in [1.82, 2.24) is 14.9 Å².